The van der Waals surface area contributed by atoms with Crippen molar-refractivity contribution < 1.29 is 4.79 Å². The molecule has 2 aliphatic heterocycles. The average Bonchev–Trinajstić information content (AvgIpc) is 3.33. The monoisotopic (exact) mass is 414 g/mol. The summed E-state index contributed by atoms with van der Waals surface area (Å²) in [6, 6.07) is 7.30. The largest absolute Gasteiger partial charge is 0.332 e. The van der Waals surface area contributed by atoms with E-state index in [4.69, 9.17) is 16.7 Å². The van der Waals surface area contributed by atoms with Gasteiger partial charge in [-0.3, -0.25) is 15.1 Å². The van der Waals surface area contributed by atoms with E-state index in [1.807, 2.05) is 35.4 Å². The average molecular weight is 415 g/mol. The third-order valence-electron chi connectivity index (χ3n) is 5.20. The summed E-state index contributed by atoms with van der Waals surface area (Å²) in [4.78, 5) is 18.9. The number of carbonyl (C=O) groups is 1. The predicted molar refractivity (Wildman–Crippen MR) is 115 cm³/mol. The van der Waals surface area contributed by atoms with Gasteiger partial charge in [-0.1, -0.05) is 49.9 Å². The van der Waals surface area contributed by atoms with Crippen LogP contribution in [0.2, 0.25) is 5.02 Å². The first-order valence-electron chi connectivity index (χ1n) is 10.2. The van der Waals surface area contributed by atoms with Gasteiger partial charge in [-0.2, -0.15) is 10.4 Å². The zero-order chi connectivity index (χ0) is 20.6. The maximum absolute atomic E-state index is 12.4. The van der Waals surface area contributed by atoms with Gasteiger partial charge in [-0.25, -0.2) is 5.01 Å². The molecular weight excluding hydrogens is 388 g/mol. The number of benzene rings is 1. The van der Waals surface area contributed by atoms with Gasteiger partial charge >= 0.3 is 0 Å². The van der Waals surface area contributed by atoms with Gasteiger partial charge < -0.3 is 4.90 Å². The molecule has 3 rings (SSSR count). The summed E-state index contributed by atoms with van der Waals surface area (Å²) >= 11 is 6.04. The van der Waals surface area contributed by atoms with E-state index in [0.29, 0.717) is 30.5 Å². The molecule has 1 N–H and O–H groups in total. The molecule has 0 radical (unpaired) electrons. The van der Waals surface area contributed by atoms with Crippen molar-refractivity contribution in [1.82, 2.24) is 15.2 Å². The number of nitrogens with zero attached hydrogens (tertiary/aromatic N) is 5. The normalized spacial score (nSPS) is 19.5. The highest BCUT2D eigenvalue weighted by molar-refractivity contribution is 6.30. The van der Waals surface area contributed by atoms with Crippen LogP contribution in [0, 0.1) is 11.5 Å². The molecule has 1 saturated heterocycles. The number of hydrogen-bond acceptors (Lipinski definition) is 4. The molecule has 1 unspecified atom stereocenters. The highest BCUT2D eigenvalue weighted by atomic mass is 35.5. The van der Waals surface area contributed by atoms with Gasteiger partial charge in [0.2, 0.25) is 11.9 Å². The zero-order valence-electron chi connectivity index (χ0n) is 16.8. The van der Waals surface area contributed by atoms with Gasteiger partial charge in [0.15, 0.2) is 6.19 Å². The van der Waals surface area contributed by atoms with Crippen LogP contribution in [0.4, 0.5) is 0 Å². The van der Waals surface area contributed by atoms with Crippen molar-refractivity contribution in [1.29, 1.82) is 5.26 Å². The Morgan fingerprint density at radius 1 is 1.34 bits per heavy atom. The van der Waals surface area contributed by atoms with E-state index in [1.165, 1.54) is 12.8 Å². The molecule has 0 aromatic heterocycles. The minimum atomic E-state index is -0.169. The molecule has 1 fully saturated rings. The van der Waals surface area contributed by atoms with E-state index in [9.17, 15) is 10.1 Å². The second-order valence-corrected chi connectivity index (χ2v) is 7.72. The molecule has 1 atom stereocenters. The summed E-state index contributed by atoms with van der Waals surface area (Å²) in [6.07, 6.45) is 7.82. The molecule has 154 valence electrons. The highest BCUT2D eigenvalue weighted by Crippen LogP contribution is 2.24. The fourth-order valence-corrected chi connectivity index (χ4v) is 3.82. The van der Waals surface area contributed by atoms with Crippen LogP contribution in [0.25, 0.3) is 0 Å². The first-order valence-corrected chi connectivity index (χ1v) is 10.6. The van der Waals surface area contributed by atoms with Crippen molar-refractivity contribution in [3.8, 4) is 6.19 Å². The van der Waals surface area contributed by atoms with Crippen molar-refractivity contribution in [2.45, 2.75) is 51.5 Å². The number of likely N-dealkylation sites (tertiary alicyclic amines) is 1. The molecule has 29 heavy (non-hydrogen) atoms. The lowest BCUT2D eigenvalue weighted by molar-refractivity contribution is -0.128. The molecule has 1 amide bonds. The zero-order valence-corrected chi connectivity index (χ0v) is 17.5. The van der Waals surface area contributed by atoms with Crippen molar-refractivity contribution in [2.75, 3.05) is 19.6 Å². The summed E-state index contributed by atoms with van der Waals surface area (Å²) < 4.78 is 0. The first kappa shape index (κ1) is 21.1. The van der Waals surface area contributed by atoms with Gasteiger partial charge in [0.25, 0.3) is 0 Å². The number of aliphatic imine (C=N–C) groups is 1. The Labute approximate surface area is 177 Å². The van der Waals surface area contributed by atoms with E-state index in [-0.39, 0.29) is 11.9 Å². The Bertz CT molecular complexity index is 813. The number of halogens is 1. The molecule has 7 nitrogen and oxygen atoms in total. The summed E-state index contributed by atoms with van der Waals surface area (Å²) in [5.41, 5.74) is 1.72. The smallest absolute Gasteiger partial charge is 0.228 e. The Kier molecular flexibility index (Phi) is 7.48. The van der Waals surface area contributed by atoms with Gasteiger partial charge in [-0.05, 0) is 25.0 Å². The highest BCUT2D eigenvalue weighted by Gasteiger charge is 2.38. The summed E-state index contributed by atoms with van der Waals surface area (Å²) in [7, 11) is 0. The Hall–Kier alpha value is -2.59. The number of unbranched alkanes of at least 4 members (excludes halogenated alkanes) is 3. The Balaban J connectivity index is 1.84. The maximum Gasteiger partial charge on any atom is 0.228 e. The lowest BCUT2D eigenvalue weighted by atomic mass is 10.0. The van der Waals surface area contributed by atoms with E-state index in [2.05, 4.69) is 17.2 Å². The number of nitriles is 1. The van der Waals surface area contributed by atoms with Crippen LogP contribution in [0.15, 0.2) is 34.4 Å². The van der Waals surface area contributed by atoms with E-state index in [0.717, 1.165) is 37.1 Å². The molecule has 1 aromatic rings. The number of nitrogens with one attached hydrogen (secondary N) is 1. The van der Waals surface area contributed by atoms with Gasteiger partial charge in [0, 0.05) is 30.1 Å². The molecule has 2 aliphatic rings. The van der Waals surface area contributed by atoms with Crippen molar-refractivity contribution in [3.63, 3.8) is 0 Å². The molecule has 1 aromatic carbocycles. The quantitative estimate of drug-likeness (QED) is 0.244. The van der Waals surface area contributed by atoms with Crippen LogP contribution in [0.5, 0.6) is 0 Å². The van der Waals surface area contributed by atoms with Gasteiger partial charge in [0.1, 0.15) is 0 Å². The maximum atomic E-state index is 12.4. The third-order valence-corrected chi connectivity index (χ3v) is 5.45. The summed E-state index contributed by atoms with van der Waals surface area (Å²) in [5, 5.41) is 19.0. The molecule has 2 heterocycles. The van der Waals surface area contributed by atoms with Crippen molar-refractivity contribution >= 4 is 29.2 Å². The number of amides is 1. The second-order valence-electron chi connectivity index (χ2n) is 7.28. The third kappa shape index (κ3) is 5.27. The lowest BCUT2D eigenvalue weighted by Gasteiger charge is -2.25. The fraction of sp³-hybridized carbons (Fsp3) is 0.524. The minimum Gasteiger partial charge on any atom is -0.332 e. The molecule has 8 heteroatoms. The number of rotatable bonds is 7. The van der Waals surface area contributed by atoms with Crippen LogP contribution >= 0.6 is 11.6 Å². The summed E-state index contributed by atoms with van der Waals surface area (Å²) in [6.45, 7) is 4.01. The second kappa shape index (κ2) is 10.3. The van der Waals surface area contributed by atoms with E-state index >= 15 is 0 Å². The van der Waals surface area contributed by atoms with Crippen molar-refractivity contribution in [2.24, 2.45) is 10.1 Å². The van der Waals surface area contributed by atoms with Crippen LogP contribution < -0.4 is 5.32 Å². The lowest BCUT2D eigenvalue weighted by Crippen LogP contribution is -2.45. The minimum absolute atomic E-state index is 0.143. The molecular formula is C21H27ClN6O. The standard InChI is InChI=1S/C21H27ClN6O/c1-2-3-4-5-12-24-21(25-15-23)28-14-18(27-13-6-7-19(27)29)20(26-28)16-8-10-17(22)11-9-16/h8-11,18H,2-7,12-14H2,1H3,(H,24,25). The molecule has 0 bridgehead atoms. The molecule has 0 spiro atoms. The van der Waals surface area contributed by atoms with Gasteiger partial charge in [0.05, 0.1) is 18.3 Å². The van der Waals surface area contributed by atoms with Crippen LogP contribution in [0.1, 0.15) is 51.0 Å². The first-order chi connectivity index (χ1) is 14.1. The topological polar surface area (TPSA) is 84.1 Å². The van der Waals surface area contributed by atoms with Gasteiger partial charge in [-0.15, -0.1) is 0 Å². The van der Waals surface area contributed by atoms with Crippen LogP contribution in [-0.4, -0.2) is 53.2 Å². The Morgan fingerprint density at radius 3 is 2.79 bits per heavy atom. The number of hydrogen-bond donors (Lipinski definition) is 1. The van der Waals surface area contributed by atoms with E-state index in [1.54, 1.807) is 5.01 Å². The van der Waals surface area contributed by atoms with Crippen LogP contribution in [0.3, 0.4) is 0 Å². The number of guanidine groups is 1. The van der Waals surface area contributed by atoms with Crippen molar-refractivity contribution in [3.05, 3.63) is 34.9 Å². The number of hydrazone groups is 1. The Morgan fingerprint density at radius 2 is 2.14 bits per heavy atom. The van der Waals surface area contributed by atoms with Crippen LogP contribution in [-0.2, 0) is 4.79 Å². The molecule has 0 saturated carbocycles. The fourth-order valence-electron chi connectivity index (χ4n) is 3.70. The molecule has 0 aliphatic carbocycles. The summed E-state index contributed by atoms with van der Waals surface area (Å²) in [5.74, 6) is 0.578. The SMILES string of the molecule is CCCCCCN=C(NC#N)N1CC(N2CCCC2=O)C(c2ccc(Cl)cc2)=N1. The van der Waals surface area contributed by atoms with E-state index < -0.39 is 0 Å². The number of carbonyl (C=O) groups excluding carboxylic acids is 1. The predicted octanol–water partition coefficient (Wildman–Crippen LogP) is 3.36.